The molecule has 0 heterocycles. The monoisotopic (exact) mass is 750 g/mol. The first-order valence-corrected chi connectivity index (χ1v) is 20.3. The summed E-state index contributed by atoms with van der Waals surface area (Å²) in [5.74, 6) is -1.20. The van der Waals surface area contributed by atoms with Gasteiger partial charge in [-0.3, -0.25) is 14.4 Å². The summed E-state index contributed by atoms with van der Waals surface area (Å²) < 4.78 is 11.5. The summed E-state index contributed by atoms with van der Waals surface area (Å²) in [4.78, 5) is 54.1. The Morgan fingerprint density at radius 3 is 1.98 bits per heavy atom. The summed E-state index contributed by atoms with van der Waals surface area (Å²) in [5.41, 5.74) is -0.224. The van der Waals surface area contributed by atoms with Gasteiger partial charge in [0, 0.05) is 18.4 Å². The van der Waals surface area contributed by atoms with Crippen LogP contribution < -0.4 is 21.3 Å². The zero-order valence-corrected chi connectivity index (χ0v) is 34.8. The number of aliphatic hydroxyl groups is 1. The smallest absolute Gasteiger partial charge is 0.407 e. The molecular formula is C40H70N4O7S. The summed E-state index contributed by atoms with van der Waals surface area (Å²) in [7, 11) is 0. The number of carbonyl (C=O) groups is 4. The van der Waals surface area contributed by atoms with Gasteiger partial charge in [0.2, 0.25) is 17.7 Å². The lowest BCUT2D eigenvalue weighted by molar-refractivity contribution is -0.135. The van der Waals surface area contributed by atoms with Gasteiger partial charge >= 0.3 is 6.09 Å². The molecule has 0 aliphatic rings. The van der Waals surface area contributed by atoms with E-state index in [0.29, 0.717) is 25.3 Å². The van der Waals surface area contributed by atoms with Crippen LogP contribution in [0.5, 0.6) is 0 Å². The number of benzene rings is 1. The second-order valence-corrected chi connectivity index (χ2v) is 17.7. The minimum absolute atomic E-state index is 0.0461. The van der Waals surface area contributed by atoms with E-state index in [9.17, 15) is 24.3 Å². The molecule has 0 fully saturated rings. The fourth-order valence-corrected chi connectivity index (χ4v) is 6.01. The fourth-order valence-electron chi connectivity index (χ4n) is 5.55. The predicted molar refractivity (Wildman–Crippen MR) is 211 cm³/mol. The first-order valence-electron chi connectivity index (χ1n) is 18.9. The maximum absolute atomic E-state index is 14.0. The van der Waals surface area contributed by atoms with Gasteiger partial charge in [-0.1, -0.05) is 71.4 Å². The van der Waals surface area contributed by atoms with Gasteiger partial charge in [-0.15, -0.1) is 0 Å². The molecule has 0 saturated heterocycles. The third-order valence-corrected chi connectivity index (χ3v) is 9.21. The van der Waals surface area contributed by atoms with Crippen LogP contribution in [0.2, 0.25) is 0 Å². The summed E-state index contributed by atoms with van der Waals surface area (Å²) in [5, 5.41) is 23.4. The van der Waals surface area contributed by atoms with Crippen LogP contribution in [0.3, 0.4) is 0 Å². The van der Waals surface area contributed by atoms with Crippen molar-refractivity contribution >= 4 is 35.6 Å². The standard InChI is InChI=1S/C40H70N4O7S/c1-26(2)20-21-30(23-32(45)34(28(5)25-50-39(6,7)8)44-38(49)51-40(9,10)11)35(46)43-33(27(3)4)37(48)42-31(19-16-22-52-12)36(47)41-24-29-17-14-13-15-18-29/h13-15,17-18,26-28,30-34,45H,16,19-25H2,1-12H3,(H,41,47)(H,42,48)(H,43,46)(H,44,49)/t28-,30-,31+,32-,33+,34+/m1/s1. The molecule has 5 N–H and O–H groups in total. The lowest BCUT2D eigenvalue weighted by Crippen LogP contribution is -2.56. The Morgan fingerprint density at radius 2 is 1.44 bits per heavy atom. The van der Waals surface area contributed by atoms with Gasteiger partial charge in [0.25, 0.3) is 0 Å². The van der Waals surface area contributed by atoms with Gasteiger partial charge in [-0.25, -0.2) is 4.79 Å². The molecule has 0 aromatic heterocycles. The molecule has 0 saturated carbocycles. The molecule has 11 nitrogen and oxygen atoms in total. The average Bonchev–Trinajstić information content (AvgIpc) is 3.04. The molecule has 1 aromatic rings. The van der Waals surface area contributed by atoms with Gasteiger partial charge < -0.3 is 35.8 Å². The number of rotatable bonds is 22. The van der Waals surface area contributed by atoms with E-state index in [4.69, 9.17) is 9.47 Å². The number of amides is 4. The summed E-state index contributed by atoms with van der Waals surface area (Å²) >= 11 is 1.67. The van der Waals surface area contributed by atoms with Gasteiger partial charge in [0.15, 0.2) is 0 Å². The highest BCUT2D eigenvalue weighted by molar-refractivity contribution is 7.98. The van der Waals surface area contributed by atoms with E-state index in [1.54, 1.807) is 32.5 Å². The zero-order chi connectivity index (χ0) is 39.6. The molecule has 0 aliphatic heterocycles. The minimum Gasteiger partial charge on any atom is -0.444 e. The topological polar surface area (TPSA) is 155 Å². The van der Waals surface area contributed by atoms with Crippen LogP contribution in [0.15, 0.2) is 30.3 Å². The molecule has 298 valence electrons. The van der Waals surface area contributed by atoms with E-state index >= 15 is 0 Å². The van der Waals surface area contributed by atoms with Crippen LogP contribution in [-0.2, 0) is 30.4 Å². The van der Waals surface area contributed by atoms with E-state index < -0.39 is 53.3 Å². The van der Waals surface area contributed by atoms with Crippen LogP contribution in [0.1, 0.15) is 114 Å². The van der Waals surface area contributed by atoms with E-state index in [2.05, 4.69) is 35.1 Å². The summed E-state index contributed by atoms with van der Waals surface area (Å²) in [6.07, 6.45) is 2.64. The van der Waals surface area contributed by atoms with Crippen molar-refractivity contribution in [3.8, 4) is 0 Å². The minimum atomic E-state index is -1.12. The normalized spacial score (nSPS) is 15.6. The second-order valence-electron chi connectivity index (χ2n) is 16.7. The van der Waals surface area contributed by atoms with Crippen LogP contribution in [0.4, 0.5) is 4.79 Å². The van der Waals surface area contributed by atoms with Crippen LogP contribution in [0.25, 0.3) is 0 Å². The van der Waals surface area contributed by atoms with E-state index in [1.807, 2.05) is 78.1 Å². The molecular weight excluding hydrogens is 681 g/mol. The largest absolute Gasteiger partial charge is 0.444 e. The number of nitrogens with one attached hydrogen (secondary N) is 4. The molecule has 0 spiro atoms. The van der Waals surface area contributed by atoms with Crippen molar-refractivity contribution in [2.75, 3.05) is 18.6 Å². The van der Waals surface area contributed by atoms with Crippen LogP contribution in [-0.4, -0.2) is 83.0 Å². The van der Waals surface area contributed by atoms with Gasteiger partial charge in [0.05, 0.1) is 24.4 Å². The third-order valence-electron chi connectivity index (χ3n) is 8.51. The molecule has 0 unspecified atom stereocenters. The number of hydrogen-bond acceptors (Lipinski definition) is 8. The second kappa shape index (κ2) is 23.1. The Bertz CT molecular complexity index is 1220. The Hall–Kier alpha value is -2.83. The van der Waals surface area contributed by atoms with E-state index in [0.717, 1.165) is 24.2 Å². The molecule has 6 atom stereocenters. The first-order chi connectivity index (χ1) is 24.1. The average molecular weight is 751 g/mol. The van der Waals surface area contributed by atoms with Crippen molar-refractivity contribution in [3.63, 3.8) is 0 Å². The Balaban J connectivity index is 3.23. The van der Waals surface area contributed by atoms with E-state index in [-0.39, 0.29) is 36.7 Å². The Labute approximate surface area is 318 Å². The van der Waals surface area contributed by atoms with Gasteiger partial charge in [-0.05, 0) is 96.6 Å². The van der Waals surface area contributed by atoms with Gasteiger partial charge in [-0.2, -0.15) is 11.8 Å². The quantitative estimate of drug-likeness (QED) is 0.0876. The number of alkyl carbamates (subject to hydrolysis) is 1. The lowest BCUT2D eigenvalue weighted by Gasteiger charge is -2.34. The molecule has 0 radical (unpaired) electrons. The Morgan fingerprint density at radius 1 is 0.808 bits per heavy atom. The van der Waals surface area contributed by atoms with Crippen molar-refractivity contribution in [1.29, 1.82) is 0 Å². The van der Waals surface area contributed by atoms with Crippen molar-refractivity contribution in [3.05, 3.63) is 35.9 Å². The van der Waals surface area contributed by atoms with E-state index in [1.165, 1.54) is 0 Å². The number of aliphatic hydroxyl groups excluding tert-OH is 1. The molecule has 0 bridgehead atoms. The zero-order valence-electron chi connectivity index (χ0n) is 34.0. The van der Waals surface area contributed by atoms with Crippen molar-refractivity contribution in [2.24, 2.45) is 23.7 Å². The Kier molecular flexibility index (Phi) is 20.9. The first kappa shape index (κ1) is 47.2. The summed E-state index contributed by atoms with van der Waals surface area (Å²) in [6, 6.07) is 7.12. The molecule has 12 heteroatoms. The predicted octanol–water partition coefficient (Wildman–Crippen LogP) is 6.22. The SMILES string of the molecule is CSCCC[C@H](NC(=O)[C@@H](NC(=O)[C@H](CCC(C)C)C[C@@H](O)[C@@H](NC(=O)OC(C)(C)C)[C@H](C)COC(C)(C)C)C(C)C)C(=O)NCc1ccccc1. The van der Waals surface area contributed by atoms with Crippen molar-refractivity contribution in [2.45, 2.75) is 150 Å². The number of hydrogen-bond donors (Lipinski definition) is 5. The highest BCUT2D eigenvalue weighted by Crippen LogP contribution is 2.24. The van der Waals surface area contributed by atoms with Gasteiger partial charge in [0.1, 0.15) is 17.7 Å². The molecule has 52 heavy (non-hydrogen) atoms. The maximum atomic E-state index is 14.0. The molecule has 0 aliphatic carbocycles. The highest BCUT2D eigenvalue weighted by Gasteiger charge is 2.36. The number of thioether (sulfide) groups is 1. The lowest BCUT2D eigenvalue weighted by atomic mass is 9.86. The third kappa shape index (κ3) is 19.9. The fraction of sp³-hybridized carbons (Fsp3) is 0.750. The maximum Gasteiger partial charge on any atom is 0.407 e. The van der Waals surface area contributed by atoms with Crippen molar-refractivity contribution < 1.29 is 33.8 Å². The number of carbonyl (C=O) groups excluding carboxylic acids is 4. The summed E-state index contributed by atoms with van der Waals surface area (Å²) in [6.45, 7) is 21.4. The van der Waals surface area contributed by atoms with Crippen LogP contribution in [0, 0.1) is 23.7 Å². The number of ether oxygens (including phenoxy) is 2. The highest BCUT2D eigenvalue weighted by atomic mass is 32.2. The molecule has 1 aromatic carbocycles. The van der Waals surface area contributed by atoms with Crippen LogP contribution >= 0.6 is 11.8 Å². The molecule has 4 amide bonds. The molecule has 1 rings (SSSR count). The van der Waals surface area contributed by atoms with Crippen molar-refractivity contribution in [1.82, 2.24) is 21.3 Å².